The van der Waals surface area contributed by atoms with Gasteiger partial charge in [-0.25, -0.2) is 0 Å². The molecule has 20 radical (unpaired) electrons. The van der Waals surface area contributed by atoms with E-state index in [1.165, 1.54) is 11.8 Å². The molecule has 0 aromatic rings. The van der Waals surface area contributed by atoms with Crippen molar-refractivity contribution in [3.05, 3.63) is 127 Å². The van der Waals surface area contributed by atoms with Gasteiger partial charge in [-0.2, -0.15) is 0 Å². The molecular weight excluding hydrogens is 392 g/mol. The summed E-state index contributed by atoms with van der Waals surface area (Å²) in [6, 6.07) is 0. The molecule has 0 spiro atoms. The monoisotopic (exact) mass is 414 g/mol. The molecule has 4 aliphatic carbocycles. The van der Waals surface area contributed by atoms with Crippen LogP contribution in [0.2, 0.25) is 0 Å². The van der Waals surface area contributed by atoms with Crippen molar-refractivity contribution in [1.82, 2.24) is 0 Å². The molecule has 132 valence electrons. The Kier molecular flexibility index (Phi) is 19.1. The van der Waals surface area contributed by atoms with Gasteiger partial charge in [0.05, 0.1) is 13.2 Å². The minimum Gasteiger partial charge on any atom is -0.380 e. The van der Waals surface area contributed by atoms with Gasteiger partial charge in [-0.3, -0.25) is 0 Å². The molecule has 0 atom stereocenters. The van der Waals surface area contributed by atoms with Crippen molar-refractivity contribution in [1.29, 1.82) is 0 Å². The molecule has 1 nitrogen and oxygen atoms in total. The van der Waals surface area contributed by atoms with Crippen molar-refractivity contribution in [2.24, 2.45) is 0 Å². The van der Waals surface area contributed by atoms with Gasteiger partial charge in [-0.15, -0.1) is 0 Å². The fourth-order valence-corrected chi connectivity index (χ4v) is 1.95. The molecule has 0 N–H and O–H groups in total. The zero-order valence-corrected chi connectivity index (χ0v) is 16.1. The third-order valence-electron chi connectivity index (χ3n) is 3.11. The average Bonchev–Trinajstić information content (AvgIpc) is 3.39. The Hall–Kier alpha value is 0.999. The molecule has 0 amide bonds. The molecule has 25 heavy (non-hydrogen) atoms. The molecule has 4 fully saturated rings. The Morgan fingerprint density at radius 3 is 0.880 bits per heavy atom. The summed E-state index contributed by atoms with van der Waals surface area (Å²) in [5, 5.41) is 0. The molecular formula is C22H22Fe2O. The van der Waals surface area contributed by atoms with E-state index in [2.05, 4.69) is 25.7 Å². The van der Waals surface area contributed by atoms with Crippen LogP contribution >= 0.6 is 0 Å². The van der Waals surface area contributed by atoms with E-state index in [-0.39, 0.29) is 34.1 Å². The van der Waals surface area contributed by atoms with E-state index in [4.69, 9.17) is 4.74 Å². The van der Waals surface area contributed by atoms with Crippen LogP contribution in [0.4, 0.5) is 0 Å². The van der Waals surface area contributed by atoms with Crippen LogP contribution in [-0.2, 0) is 38.9 Å². The van der Waals surface area contributed by atoms with Crippen molar-refractivity contribution in [3.8, 4) is 0 Å². The summed E-state index contributed by atoms with van der Waals surface area (Å²) in [7, 11) is 0. The van der Waals surface area contributed by atoms with Crippen LogP contribution < -0.4 is 0 Å². The molecule has 0 aromatic heterocycles. The third kappa shape index (κ3) is 13.8. The predicted molar refractivity (Wildman–Crippen MR) is 94.7 cm³/mol. The Bertz CT molecular complexity index is 212. The fraction of sp³-hybridized carbons (Fsp3) is 0.0909. The van der Waals surface area contributed by atoms with Crippen LogP contribution in [0.5, 0.6) is 0 Å². The second-order valence-corrected chi connectivity index (χ2v) is 5.00. The Morgan fingerprint density at radius 1 is 0.400 bits per heavy atom. The topological polar surface area (TPSA) is 9.23 Å². The Morgan fingerprint density at radius 2 is 0.640 bits per heavy atom. The van der Waals surface area contributed by atoms with Crippen molar-refractivity contribution >= 4 is 0 Å². The molecule has 0 heterocycles. The van der Waals surface area contributed by atoms with Crippen LogP contribution in [0, 0.1) is 127 Å². The number of rotatable bonds is 4. The molecule has 4 saturated carbocycles. The first-order valence-electron chi connectivity index (χ1n) is 7.77. The summed E-state index contributed by atoms with van der Waals surface area (Å²) in [4.78, 5) is 0. The minimum absolute atomic E-state index is 0. The van der Waals surface area contributed by atoms with Crippen molar-refractivity contribution in [2.45, 2.75) is 0 Å². The molecule has 4 rings (SSSR count). The fourth-order valence-electron chi connectivity index (χ4n) is 1.95. The molecule has 0 bridgehead atoms. The van der Waals surface area contributed by atoms with Crippen LogP contribution in [-0.4, -0.2) is 13.2 Å². The van der Waals surface area contributed by atoms with E-state index in [0.717, 1.165) is 0 Å². The van der Waals surface area contributed by atoms with E-state index < -0.39 is 0 Å². The van der Waals surface area contributed by atoms with Gasteiger partial charge in [-0.05, 0) is 116 Å². The van der Waals surface area contributed by atoms with Gasteiger partial charge < -0.3 is 4.74 Å². The number of hydrogen-bond acceptors (Lipinski definition) is 1. The first kappa shape index (κ1) is 26.0. The SMILES string of the molecule is [CH]1[CH][CH][CH][CH]1.[CH]1[CH][CH][CH][CH]1.[CH]1[CH][CH][C](COC[C]2[CH][CH][CH][CH]2)[CH]1.[Fe].[Fe]. The maximum atomic E-state index is 5.52. The first-order valence-corrected chi connectivity index (χ1v) is 7.77. The van der Waals surface area contributed by atoms with Crippen LogP contribution in [0.25, 0.3) is 0 Å². The minimum atomic E-state index is 0. The van der Waals surface area contributed by atoms with Gasteiger partial charge in [0.25, 0.3) is 0 Å². The van der Waals surface area contributed by atoms with Crippen molar-refractivity contribution in [3.63, 3.8) is 0 Å². The molecule has 3 heteroatoms. The largest absolute Gasteiger partial charge is 0.380 e. The summed E-state index contributed by atoms with van der Waals surface area (Å²) in [6.07, 6.45) is 36.4. The van der Waals surface area contributed by atoms with Crippen LogP contribution in [0.1, 0.15) is 0 Å². The van der Waals surface area contributed by atoms with Crippen molar-refractivity contribution < 1.29 is 38.9 Å². The van der Waals surface area contributed by atoms with Crippen LogP contribution in [0.15, 0.2) is 0 Å². The standard InChI is InChI=1S/C12H12O.2C5H5.2Fe/c1-2-6-11(5-1)9-13-10-12-7-3-4-8-12;2*1-2-4-5-3-1;;/h1-8H,9-10H2;2*1-5H;;. The maximum absolute atomic E-state index is 5.52. The van der Waals surface area contributed by atoms with Crippen molar-refractivity contribution in [2.75, 3.05) is 13.2 Å². The molecule has 0 saturated heterocycles. The van der Waals surface area contributed by atoms with E-state index in [9.17, 15) is 0 Å². The quantitative estimate of drug-likeness (QED) is 0.636. The summed E-state index contributed by atoms with van der Waals surface area (Å²) >= 11 is 0. The Labute approximate surface area is 179 Å². The van der Waals surface area contributed by atoms with Crippen LogP contribution in [0.3, 0.4) is 0 Å². The van der Waals surface area contributed by atoms with E-state index in [1.54, 1.807) is 0 Å². The smallest absolute Gasteiger partial charge is 0.0534 e. The third-order valence-corrected chi connectivity index (χ3v) is 3.11. The zero-order valence-electron chi connectivity index (χ0n) is 13.9. The van der Waals surface area contributed by atoms with Gasteiger partial charge in [-0.1, -0.05) is 0 Å². The summed E-state index contributed by atoms with van der Waals surface area (Å²) in [6.45, 7) is 1.41. The summed E-state index contributed by atoms with van der Waals surface area (Å²) in [5.41, 5.74) is 0. The second kappa shape index (κ2) is 18.4. The Balaban J connectivity index is 0.000000400. The van der Waals surface area contributed by atoms with Gasteiger partial charge in [0.1, 0.15) is 0 Å². The summed E-state index contributed by atoms with van der Waals surface area (Å²) in [5.74, 6) is 2.48. The van der Waals surface area contributed by atoms with E-state index >= 15 is 0 Å². The first-order chi connectivity index (χ1) is 11.4. The average molecular weight is 414 g/mol. The molecule has 0 unspecified atom stereocenters. The number of hydrogen-bond donors (Lipinski definition) is 0. The van der Waals surface area contributed by atoms with Gasteiger partial charge in [0.2, 0.25) is 0 Å². The zero-order chi connectivity index (χ0) is 16.0. The molecule has 0 aliphatic heterocycles. The van der Waals surface area contributed by atoms with Gasteiger partial charge in [0, 0.05) is 46.0 Å². The summed E-state index contributed by atoms with van der Waals surface area (Å²) < 4.78 is 5.52. The molecule has 4 aliphatic rings. The van der Waals surface area contributed by atoms with Gasteiger partial charge in [0.15, 0.2) is 0 Å². The van der Waals surface area contributed by atoms with E-state index in [0.29, 0.717) is 13.2 Å². The van der Waals surface area contributed by atoms with Gasteiger partial charge >= 0.3 is 0 Å². The second-order valence-electron chi connectivity index (χ2n) is 5.00. The number of ether oxygens (including phenoxy) is 1. The maximum Gasteiger partial charge on any atom is 0.0534 e. The normalized spacial score (nSPS) is 23.0. The predicted octanol–water partition coefficient (Wildman–Crippen LogP) is 3.85. The van der Waals surface area contributed by atoms with E-state index in [1.807, 2.05) is 89.9 Å². The molecule has 0 aromatic carbocycles.